The molecule has 2 N–H and O–H groups in total. The lowest BCUT2D eigenvalue weighted by Crippen LogP contribution is -2.38. The van der Waals surface area contributed by atoms with Gasteiger partial charge in [0.2, 0.25) is 0 Å². The van der Waals surface area contributed by atoms with Crippen LogP contribution in [0, 0.1) is 6.92 Å². The number of aliphatic imine (C=N–C) groups is 1. The molecular weight excluding hydrogens is 266 g/mol. The smallest absolute Gasteiger partial charge is 0.307 e. The van der Waals surface area contributed by atoms with E-state index in [1.807, 2.05) is 19.9 Å². The Bertz CT molecular complexity index is 484. The zero-order chi connectivity index (χ0) is 15.7. The molecule has 5 heteroatoms. The SMILES string of the molecule is CN=C(NCCC(=O)OC(C)C)NCc1cccc(C)c1. The standard InChI is InChI=1S/C16H25N3O2/c1-12(2)21-15(20)8-9-18-16(17-4)19-11-14-7-5-6-13(3)10-14/h5-7,10,12H,8-9,11H2,1-4H3,(H2,17,18,19). The van der Waals surface area contributed by atoms with Crippen LogP contribution in [0.1, 0.15) is 31.4 Å². The van der Waals surface area contributed by atoms with Gasteiger partial charge in [-0.2, -0.15) is 0 Å². The van der Waals surface area contributed by atoms with E-state index in [9.17, 15) is 4.79 Å². The minimum absolute atomic E-state index is 0.0729. The van der Waals surface area contributed by atoms with Crippen LogP contribution in [0.25, 0.3) is 0 Å². The highest BCUT2D eigenvalue weighted by Gasteiger charge is 2.05. The minimum Gasteiger partial charge on any atom is -0.463 e. The van der Waals surface area contributed by atoms with Gasteiger partial charge in [-0.1, -0.05) is 29.8 Å². The number of guanidine groups is 1. The van der Waals surface area contributed by atoms with Gasteiger partial charge in [0.05, 0.1) is 12.5 Å². The average molecular weight is 291 g/mol. The van der Waals surface area contributed by atoms with Crippen molar-refractivity contribution in [2.45, 2.75) is 39.8 Å². The van der Waals surface area contributed by atoms with Crippen LogP contribution in [0.5, 0.6) is 0 Å². The van der Waals surface area contributed by atoms with Crippen molar-refractivity contribution in [3.05, 3.63) is 35.4 Å². The Morgan fingerprint density at radius 3 is 2.71 bits per heavy atom. The third-order valence-corrected chi connectivity index (χ3v) is 2.75. The lowest BCUT2D eigenvalue weighted by molar-refractivity contribution is -0.147. The normalized spacial score (nSPS) is 11.4. The maximum Gasteiger partial charge on any atom is 0.307 e. The molecule has 116 valence electrons. The molecule has 1 aromatic rings. The number of nitrogens with zero attached hydrogens (tertiary/aromatic N) is 1. The molecule has 0 bridgehead atoms. The fourth-order valence-corrected chi connectivity index (χ4v) is 1.83. The lowest BCUT2D eigenvalue weighted by atomic mass is 10.1. The Morgan fingerprint density at radius 2 is 2.10 bits per heavy atom. The van der Waals surface area contributed by atoms with Crippen LogP contribution >= 0.6 is 0 Å². The molecule has 0 saturated heterocycles. The minimum atomic E-state index is -0.202. The molecule has 0 aliphatic heterocycles. The van der Waals surface area contributed by atoms with E-state index < -0.39 is 0 Å². The predicted octanol–water partition coefficient (Wildman–Crippen LogP) is 2.00. The quantitative estimate of drug-likeness (QED) is 0.478. The number of ether oxygens (including phenoxy) is 1. The second-order valence-electron chi connectivity index (χ2n) is 5.13. The molecule has 0 atom stereocenters. The van der Waals surface area contributed by atoms with E-state index in [4.69, 9.17) is 4.74 Å². The monoisotopic (exact) mass is 291 g/mol. The van der Waals surface area contributed by atoms with Gasteiger partial charge in [0.15, 0.2) is 5.96 Å². The van der Waals surface area contributed by atoms with Crippen molar-refractivity contribution < 1.29 is 9.53 Å². The number of rotatable bonds is 6. The molecule has 1 aromatic carbocycles. The number of aryl methyl sites for hydroxylation is 1. The van der Waals surface area contributed by atoms with Crippen LogP contribution in [0.4, 0.5) is 0 Å². The summed E-state index contributed by atoms with van der Waals surface area (Å²) >= 11 is 0. The maximum absolute atomic E-state index is 11.4. The first-order valence-electron chi connectivity index (χ1n) is 7.21. The summed E-state index contributed by atoms with van der Waals surface area (Å²) in [5, 5.41) is 6.31. The summed E-state index contributed by atoms with van der Waals surface area (Å²) in [5.41, 5.74) is 2.42. The fraction of sp³-hybridized carbons (Fsp3) is 0.500. The molecule has 0 amide bonds. The van der Waals surface area contributed by atoms with Gasteiger partial charge in [0.25, 0.3) is 0 Å². The van der Waals surface area contributed by atoms with E-state index in [0.29, 0.717) is 25.5 Å². The van der Waals surface area contributed by atoms with Crippen LogP contribution in [-0.4, -0.2) is 31.6 Å². The maximum atomic E-state index is 11.4. The third kappa shape index (κ3) is 7.34. The molecule has 0 spiro atoms. The molecule has 1 rings (SSSR count). The number of esters is 1. The van der Waals surface area contributed by atoms with Crippen molar-refractivity contribution in [3.8, 4) is 0 Å². The van der Waals surface area contributed by atoms with Crippen LogP contribution in [0.2, 0.25) is 0 Å². The molecule has 0 fully saturated rings. The van der Waals surface area contributed by atoms with E-state index in [0.717, 1.165) is 0 Å². The van der Waals surface area contributed by atoms with Crippen molar-refractivity contribution in [2.75, 3.05) is 13.6 Å². The highest BCUT2D eigenvalue weighted by molar-refractivity contribution is 5.80. The lowest BCUT2D eigenvalue weighted by Gasteiger charge is -2.12. The Balaban J connectivity index is 2.31. The van der Waals surface area contributed by atoms with E-state index in [2.05, 4.69) is 40.7 Å². The van der Waals surface area contributed by atoms with Crippen molar-refractivity contribution >= 4 is 11.9 Å². The number of carbonyl (C=O) groups excluding carboxylic acids is 1. The zero-order valence-electron chi connectivity index (χ0n) is 13.3. The Morgan fingerprint density at radius 1 is 1.33 bits per heavy atom. The van der Waals surface area contributed by atoms with E-state index in [1.54, 1.807) is 7.05 Å². The number of carbonyl (C=O) groups is 1. The van der Waals surface area contributed by atoms with Crippen molar-refractivity contribution in [2.24, 2.45) is 4.99 Å². The van der Waals surface area contributed by atoms with Crippen LogP contribution in [0.3, 0.4) is 0 Å². The summed E-state index contributed by atoms with van der Waals surface area (Å²) in [6.07, 6.45) is 0.250. The number of benzene rings is 1. The molecule has 0 saturated carbocycles. The molecule has 0 radical (unpaired) electrons. The molecule has 21 heavy (non-hydrogen) atoms. The van der Waals surface area contributed by atoms with E-state index >= 15 is 0 Å². The van der Waals surface area contributed by atoms with Crippen LogP contribution in [-0.2, 0) is 16.1 Å². The molecule has 5 nitrogen and oxygen atoms in total. The van der Waals surface area contributed by atoms with Gasteiger partial charge < -0.3 is 15.4 Å². The number of hydrogen-bond acceptors (Lipinski definition) is 3. The molecule has 0 aliphatic carbocycles. The molecule has 0 heterocycles. The van der Waals surface area contributed by atoms with Crippen LogP contribution in [0.15, 0.2) is 29.3 Å². The van der Waals surface area contributed by atoms with Crippen molar-refractivity contribution in [1.82, 2.24) is 10.6 Å². The highest BCUT2D eigenvalue weighted by atomic mass is 16.5. The number of hydrogen-bond donors (Lipinski definition) is 2. The average Bonchev–Trinajstić information content (AvgIpc) is 2.41. The molecule has 0 aliphatic rings. The van der Waals surface area contributed by atoms with Crippen molar-refractivity contribution in [1.29, 1.82) is 0 Å². The fourth-order valence-electron chi connectivity index (χ4n) is 1.83. The van der Waals surface area contributed by atoms with Gasteiger partial charge in [-0.05, 0) is 26.3 Å². The van der Waals surface area contributed by atoms with Gasteiger partial charge in [0, 0.05) is 20.1 Å². The van der Waals surface area contributed by atoms with Crippen molar-refractivity contribution in [3.63, 3.8) is 0 Å². The largest absolute Gasteiger partial charge is 0.463 e. The summed E-state index contributed by atoms with van der Waals surface area (Å²) in [4.78, 5) is 15.5. The second kappa shape index (κ2) is 9.00. The van der Waals surface area contributed by atoms with E-state index in [-0.39, 0.29) is 12.1 Å². The Labute approximate surface area is 126 Å². The topological polar surface area (TPSA) is 62.7 Å². The van der Waals surface area contributed by atoms with Gasteiger partial charge in [0.1, 0.15) is 0 Å². The molecule has 0 unspecified atom stereocenters. The summed E-state index contributed by atoms with van der Waals surface area (Å²) in [5.74, 6) is 0.473. The van der Waals surface area contributed by atoms with Gasteiger partial charge in [-0.3, -0.25) is 9.79 Å². The Kier molecular flexibility index (Phi) is 7.29. The third-order valence-electron chi connectivity index (χ3n) is 2.75. The first kappa shape index (κ1) is 17.0. The summed E-state index contributed by atoms with van der Waals surface area (Å²) in [7, 11) is 1.71. The molecule has 0 aromatic heterocycles. The second-order valence-corrected chi connectivity index (χ2v) is 5.13. The molecular formula is C16H25N3O2. The number of nitrogens with one attached hydrogen (secondary N) is 2. The predicted molar refractivity (Wildman–Crippen MR) is 85.2 cm³/mol. The first-order chi connectivity index (χ1) is 10.0. The van der Waals surface area contributed by atoms with Gasteiger partial charge in [-0.15, -0.1) is 0 Å². The van der Waals surface area contributed by atoms with Gasteiger partial charge in [-0.25, -0.2) is 0 Å². The summed E-state index contributed by atoms with van der Waals surface area (Å²) in [6.45, 7) is 6.94. The summed E-state index contributed by atoms with van der Waals surface area (Å²) in [6, 6.07) is 8.29. The highest BCUT2D eigenvalue weighted by Crippen LogP contribution is 2.03. The summed E-state index contributed by atoms with van der Waals surface area (Å²) < 4.78 is 5.07. The zero-order valence-corrected chi connectivity index (χ0v) is 13.3. The van der Waals surface area contributed by atoms with E-state index in [1.165, 1.54) is 11.1 Å². The first-order valence-corrected chi connectivity index (χ1v) is 7.21. The Hall–Kier alpha value is -2.04. The van der Waals surface area contributed by atoms with Crippen LogP contribution < -0.4 is 10.6 Å². The van der Waals surface area contributed by atoms with Gasteiger partial charge >= 0.3 is 5.97 Å².